The number of carboxylic acid groups (broad SMARTS) is 1. The van der Waals surface area contributed by atoms with E-state index in [1.807, 2.05) is 57.4 Å². The van der Waals surface area contributed by atoms with Gasteiger partial charge in [-0.1, -0.05) is 43.9 Å². The Morgan fingerprint density at radius 1 is 0.634 bits per heavy atom. The lowest BCUT2D eigenvalue weighted by atomic mass is 9.80. The van der Waals surface area contributed by atoms with Crippen LogP contribution in [0.25, 0.3) is 55.4 Å². The normalized spacial score (nSPS) is 10.1. The van der Waals surface area contributed by atoms with Crippen LogP contribution in [0.4, 0.5) is 30.2 Å². The highest BCUT2D eigenvalue weighted by Crippen LogP contribution is 2.29. The number of nitrogens with zero attached hydrogens (tertiary/aromatic N) is 3. The molecule has 0 spiro atoms. The number of nitrogens with one attached hydrogen (secondary N) is 4. The number of hydrogen-bond donors (Lipinski definition) is 9. The minimum Gasteiger partial charge on any atom is -0.472 e. The molecule has 0 aliphatic rings. The van der Waals surface area contributed by atoms with E-state index in [0.29, 0.717) is 12.8 Å². The molecule has 0 unspecified atom stereocenters. The number of halogens is 4. The number of pyridine rings is 3. The summed E-state index contributed by atoms with van der Waals surface area (Å²) in [6.07, 6.45) is 12.2. The number of carbonyl (C=O) groups is 2. The average Bonchev–Trinajstić information content (AvgIpc) is 4.05. The third-order valence-electron chi connectivity index (χ3n) is 10.1. The summed E-state index contributed by atoms with van der Waals surface area (Å²) in [6.45, 7) is 9.72. The number of aryl methyl sites for hydroxylation is 3. The highest BCUT2D eigenvalue weighted by atomic mass is 79.9. The Labute approximate surface area is 415 Å². The van der Waals surface area contributed by atoms with Crippen LogP contribution in [0.1, 0.15) is 43.4 Å². The molecule has 0 aliphatic carbocycles. The molecule has 0 saturated carbocycles. The van der Waals surface area contributed by atoms with E-state index in [1.165, 1.54) is 35.2 Å². The van der Waals surface area contributed by atoms with E-state index >= 15 is 0 Å². The number of anilines is 3. The number of nitrogens with two attached hydrogens (primary N) is 2. The number of nitrogen functional groups attached to an aromatic ring is 2. The van der Waals surface area contributed by atoms with Gasteiger partial charge < -0.3 is 46.9 Å². The second-order valence-corrected chi connectivity index (χ2v) is 16.3. The van der Waals surface area contributed by atoms with Crippen molar-refractivity contribution in [1.82, 2.24) is 29.9 Å². The number of amides is 1. The standard InChI is InChI=1S/C19H16FN3O.C14H12FN3.C8H7BrN2.C6H7BFNO2.C5H6O2/c1-3-4-5-18(24)23-17-9-13(6-7-16(17)20)14-8-15-12(2)10-21-19(15)22-11-14;1-8-6-17-14-11(8)4-10(7-18-14)9-2-3-12(15)13(16)5-9;1-5-3-10-8-7(5)2-6(9)4-11-8;8-5-2-1-4(7(10)11)3-6(5)9;1-2-3-4-5(6)7/h6-11H,3H2,1-2H3,(H,21,22)(H,23,24);2-7H,16H2,1H3,(H,17,18);2-4H,1H3,(H,10,11);1-3,10-11H,9H2;2H2,1H3,(H,6,7). The molecule has 0 saturated heterocycles. The number of fused-ring (bicyclic) bond motifs is 3. The molecule has 6 aromatic heterocycles. The maximum Gasteiger partial charge on any atom is 0.488 e. The fraction of sp³-hybridized carbons (Fsp3) is 0.135. The second-order valence-electron chi connectivity index (χ2n) is 15.4. The van der Waals surface area contributed by atoms with Crippen molar-refractivity contribution in [2.45, 2.75) is 47.5 Å². The van der Waals surface area contributed by atoms with Crippen molar-refractivity contribution < 1.29 is 37.9 Å². The first-order valence-electron chi connectivity index (χ1n) is 21.6. The number of aromatic amines is 3. The lowest BCUT2D eigenvalue weighted by Crippen LogP contribution is -2.30. The van der Waals surface area contributed by atoms with Crippen LogP contribution in [0.3, 0.4) is 0 Å². The molecule has 1 amide bonds. The SMILES string of the molecule is CCC#CC(=O)Nc1cc(-c2cnc3[nH]cc(C)c3c2)ccc1F.CCC#CC(=O)O.Cc1c[nH]c2ncc(-c3ccc(F)c(N)c3)cc12.Cc1c[nH]c2ncc(Br)cc12.Nc1cc(B(O)O)ccc1F. The molecular weight excluding hydrogens is 978 g/mol. The molecule has 9 rings (SSSR count). The minimum atomic E-state index is -1.60. The molecule has 0 aliphatic heterocycles. The Hall–Kier alpha value is -8.36. The fourth-order valence-electron chi connectivity index (χ4n) is 6.43. The smallest absolute Gasteiger partial charge is 0.472 e. The molecule has 6 heterocycles. The van der Waals surface area contributed by atoms with Gasteiger partial charge in [0.1, 0.15) is 34.4 Å². The number of hydrogen-bond acceptors (Lipinski definition) is 9. The topological polar surface area (TPSA) is 245 Å². The Morgan fingerprint density at radius 2 is 1.08 bits per heavy atom. The maximum absolute atomic E-state index is 14.0. The van der Waals surface area contributed by atoms with Gasteiger partial charge in [0.25, 0.3) is 5.91 Å². The van der Waals surface area contributed by atoms with Gasteiger partial charge in [-0.25, -0.2) is 32.9 Å². The summed E-state index contributed by atoms with van der Waals surface area (Å²) in [6, 6.07) is 18.9. The molecule has 9 aromatic rings. The first kappa shape index (κ1) is 53.6. The van der Waals surface area contributed by atoms with Crippen molar-refractivity contribution in [3.63, 3.8) is 0 Å². The number of aromatic nitrogens is 6. The molecule has 0 bridgehead atoms. The van der Waals surface area contributed by atoms with Gasteiger partial charge in [0.05, 0.1) is 17.1 Å². The van der Waals surface area contributed by atoms with E-state index < -0.39 is 36.4 Å². The Balaban J connectivity index is 0.000000176. The molecule has 0 radical (unpaired) electrons. The van der Waals surface area contributed by atoms with E-state index in [9.17, 15) is 22.8 Å². The van der Waals surface area contributed by atoms with E-state index in [-0.39, 0.29) is 22.5 Å². The van der Waals surface area contributed by atoms with E-state index in [1.54, 1.807) is 49.8 Å². The van der Waals surface area contributed by atoms with Crippen LogP contribution in [0.2, 0.25) is 0 Å². The van der Waals surface area contributed by atoms with Crippen LogP contribution in [0, 0.1) is 61.9 Å². The van der Waals surface area contributed by atoms with Gasteiger partial charge in [-0.05, 0) is 130 Å². The Bertz CT molecular complexity index is 3460. The summed E-state index contributed by atoms with van der Waals surface area (Å²) < 4.78 is 40.6. The van der Waals surface area contributed by atoms with Gasteiger partial charge in [0, 0.05) is 87.7 Å². The van der Waals surface area contributed by atoms with Crippen LogP contribution in [0.5, 0.6) is 0 Å². The van der Waals surface area contributed by atoms with Crippen LogP contribution in [-0.4, -0.2) is 64.1 Å². The highest BCUT2D eigenvalue weighted by Gasteiger charge is 2.13. The summed E-state index contributed by atoms with van der Waals surface area (Å²) in [7, 11) is -1.60. The zero-order valence-electron chi connectivity index (χ0n) is 39.1. The van der Waals surface area contributed by atoms with Crippen LogP contribution in [-0.2, 0) is 9.59 Å². The quantitative estimate of drug-likeness (QED) is 0.0459. The van der Waals surface area contributed by atoms with E-state index in [0.717, 1.165) is 71.6 Å². The summed E-state index contributed by atoms with van der Waals surface area (Å²) in [5, 5.41) is 30.8. The molecule has 11 N–H and O–H groups in total. The van der Waals surface area contributed by atoms with Gasteiger partial charge in [-0.15, -0.1) is 0 Å². The lowest BCUT2D eigenvalue weighted by molar-refractivity contribution is -0.130. The van der Waals surface area contributed by atoms with Crippen LogP contribution >= 0.6 is 15.9 Å². The second kappa shape index (κ2) is 25.3. The van der Waals surface area contributed by atoms with Crippen LogP contribution in [0.15, 0.2) is 114 Å². The molecule has 362 valence electrons. The monoisotopic (exact) mass is 1030 g/mol. The first-order valence-corrected chi connectivity index (χ1v) is 22.4. The predicted molar refractivity (Wildman–Crippen MR) is 278 cm³/mol. The van der Waals surface area contributed by atoms with Crippen molar-refractivity contribution in [3.8, 4) is 45.9 Å². The Kier molecular flexibility index (Phi) is 19.1. The number of aliphatic carboxylic acids is 1. The Morgan fingerprint density at radius 3 is 1.55 bits per heavy atom. The largest absolute Gasteiger partial charge is 0.488 e. The van der Waals surface area contributed by atoms with Crippen LogP contribution < -0.4 is 22.2 Å². The minimum absolute atomic E-state index is 0.0874. The van der Waals surface area contributed by atoms with Gasteiger partial charge in [0.15, 0.2) is 0 Å². The van der Waals surface area contributed by atoms with Crippen molar-refractivity contribution in [2.24, 2.45) is 0 Å². The van der Waals surface area contributed by atoms with Gasteiger partial charge >= 0.3 is 13.1 Å². The number of rotatable bonds is 4. The molecule has 19 heteroatoms. The van der Waals surface area contributed by atoms with Crippen molar-refractivity contribution >= 4 is 90.5 Å². The van der Waals surface area contributed by atoms with E-state index in [2.05, 4.69) is 81.9 Å². The van der Waals surface area contributed by atoms with Crippen molar-refractivity contribution in [2.75, 3.05) is 16.8 Å². The zero-order valence-corrected chi connectivity index (χ0v) is 40.6. The molecule has 0 fully saturated rings. The summed E-state index contributed by atoms with van der Waals surface area (Å²) >= 11 is 3.37. The van der Waals surface area contributed by atoms with Crippen molar-refractivity contribution in [1.29, 1.82) is 0 Å². The predicted octanol–water partition coefficient (Wildman–Crippen LogP) is 9.49. The molecular formula is C52H48BBrF3N9O5. The third-order valence-corrected chi connectivity index (χ3v) is 10.6. The number of benzene rings is 3. The first-order chi connectivity index (χ1) is 33.9. The molecule has 0 atom stereocenters. The number of carbonyl (C=O) groups excluding carboxylic acids is 1. The summed E-state index contributed by atoms with van der Waals surface area (Å²) in [5.74, 6) is 6.39. The zero-order chi connectivity index (χ0) is 51.8. The highest BCUT2D eigenvalue weighted by molar-refractivity contribution is 9.10. The molecule has 14 nitrogen and oxygen atoms in total. The van der Waals surface area contributed by atoms with Gasteiger partial charge in [-0.2, -0.15) is 0 Å². The maximum atomic E-state index is 14.0. The number of H-pyrrole nitrogens is 3. The lowest BCUT2D eigenvalue weighted by Gasteiger charge is -2.07. The van der Waals surface area contributed by atoms with Gasteiger partial charge in [0.2, 0.25) is 0 Å². The summed E-state index contributed by atoms with van der Waals surface area (Å²) in [5.41, 5.74) is 20.6. The van der Waals surface area contributed by atoms with E-state index in [4.69, 9.17) is 26.6 Å². The third kappa shape index (κ3) is 15.1. The molecule has 3 aromatic carbocycles. The molecule has 71 heavy (non-hydrogen) atoms. The average molecular weight is 1030 g/mol. The fourth-order valence-corrected chi connectivity index (χ4v) is 6.76. The number of carboxylic acids is 1. The summed E-state index contributed by atoms with van der Waals surface area (Å²) in [4.78, 5) is 43.4. The van der Waals surface area contributed by atoms with Crippen molar-refractivity contribution in [3.05, 3.63) is 149 Å². The van der Waals surface area contributed by atoms with Gasteiger partial charge in [-0.3, -0.25) is 4.79 Å².